The molecular formula is C11H9FN2O2S. The second kappa shape index (κ2) is 3.46. The number of hydrogen-bond acceptors (Lipinski definition) is 4. The van der Waals surface area contributed by atoms with Crippen LogP contribution in [0.4, 0.5) is 4.39 Å². The predicted octanol–water partition coefficient (Wildman–Crippen LogP) is 1.39. The molecule has 4 nitrogen and oxygen atoms in total. The minimum absolute atomic E-state index is 0.229. The van der Waals surface area contributed by atoms with Gasteiger partial charge in [0.25, 0.3) is 5.91 Å². The van der Waals surface area contributed by atoms with Crippen molar-refractivity contribution in [1.82, 2.24) is 0 Å². The summed E-state index contributed by atoms with van der Waals surface area (Å²) in [4.78, 5) is 15.7. The van der Waals surface area contributed by atoms with Gasteiger partial charge in [0.15, 0.2) is 5.17 Å². The van der Waals surface area contributed by atoms with E-state index < -0.39 is 10.6 Å². The maximum absolute atomic E-state index is 13.3. The molecule has 0 radical (unpaired) electrons. The number of aliphatic imine (C=N–C) groups is 1. The van der Waals surface area contributed by atoms with Crippen molar-refractivity contribution >= 4 is 22.8 Å². The third-order valence-corrected chi connectivity index (χ3v) is 4.17. The highest BCUT2D eigenvalue weighted by atomic mass is 32.2. The molecule has 1 amide bonds. The lowest BCUT2D eigenvalue weighted by molar-refractivity contribution is -0.120. The van der Waals surface area contributed by atoms with Crippen molar-refractivity contribution in [3.63, 3.8) is 0 Å². The van der Waals surface area contributed by atoms with Crippen LogP contribution < -0.4 is 10.5 Å². The number of carbonyl (C=O) groups excluding carboxylic acids is 1. The molecule has 0 aromatic heterocycles. The molecule has 0 fully saturated rings. The maximum Gasteiger partial charge on any atom is 0.269 e. The Morgan fingerprint density at radius 1 is 1.53 bits per heavy atom. The van der Waals surface area contributed by atoms with Crippen LogP contribution in [0.1, 0.15) is 12.0 Å². The van der Waals surface area contributed by atoms with Crippen LogP contribution in [0.25, 0.3) is 0 Å². The number of ether oxygens (including phenoxy) is 1. The SMILES string of the molecule is NC1=NC(=O)C2(CCOc3ccc(F)cc32)S1. The third kappa shape index (κ3) is 1.44. The van der Waals surface area contributed by atoms with E-state index >= 15 is 0 Å². The van der Waals surface area contributed by atoms with E-state index in [9.17, 15) is 9.18 Å². The number of rotatable bonds is 0. The number of nitrogens with two attached hydrogens (primary N) is 1. The zero-order valence-corrected chi connectivity index (χ0v) is 9.59. The number of carbonyl (C=O) groups is 1. The molecule has 6 heteroatoms. The first-order chi connectivity index (χ1) is 8.12. The lowest BCUT2D eigenvalue weighted by Gasteiger charge is -2.31. The normalized spacial score (nSPS) is 26.6. The lowest BCUT2D eigenvalue weighted by atomic mass is 9.91. The highest BCUT2D eigenvalue weighted by Crippen LogP contribution is 2.50. The average molecular weight is 252 g/mol. The Labute approximate surface area is 101 Å². The smallest absolute Gasteiger partial charge is 0.269 e. The third-order valence-electron chi connectivity index (χ3n) is 2.92. The van der Waals surface area contributed by atoms with Crippen molar-refractivity contribution in [1.29, 1.82) is 0 Å². The number of hydrogen-bond donors (Lipinski definition) is 1. The molecule has 0 aliphatic carbocycles. The van der Waals surface area contributed by atoms with Crippen LogP contribution in [0.2, 0.25) is 0 Å². The number of amides is 1. The minimum Gasteiger partial charge on any atom is -0.493 e. The monoisotopic (exact) mass is 252 g/mol. The number of benzene rings is 1. The summed E-state index contributed by atoms with van der Waals surface area (Å²) in [6, 6.07) is 4.17. The number of nitrogens with zero attached hydrogens (tertiary/aromatic N) is 1. The van der Waals surface area contributed by atoms with Crippen molar-refractivity contribution in [2.45, 2.75) is 11.2 Å². The standard InChI is InChI=1S/C11H9FN2O2S/c12-6-1-2-8-7(5-6)11(3-4-16-8)9(15)14-10(13)17-11/h1-2,5H,3-4H2,(H2,13,14,15). The van der Waals surface area contributed by atoms with Gasteiger partial charge < -0.3 is 10.5 Å². The zero-order chi connectivity index (χ0) is 12.0. The summed E-state index contributed by atoms with van der Waals surface area (Å²) in [5.41, 5.74) is 6.11. The summed E-state index contributed by atoms with van der Waals surface area (Å²) in [5, 5.41) is 0.229. The van der Waals surface area contributed by atoms with Gasteiger partial charge in [-0.25, -0.2) is 4.39 Å². The van der Waals surface area contributed by atoms with Gasteiger partial charge in [-0.3, -0.25) is 4.79 Å². The second-order valence-corrected chi connectivity index (χ2v) is 5.24. The van der Waals surface area contributed by atoms with Crippen molar-refractivity contribution in [3.05, 3.63) is 29.6 Å². The van der Waals surface area contributed by atoms with Gasteiger partial charge in [0, 0.05) is 12.0 Å². The summed E-state index contributed by atoms with van der Waals surface area (Å²) in [6.07, 6.45) is 0.456. The fraction of sp³-hybridized carbons (Fsp3) is 0.273. The lowest BCUT2D eigenvalue weighted by Crippen LogP contribution is -2.35. The molecule has 17 heavy (non-hydrogen) atoms. The highest BCUT2D eigenvalue weighted by Gasteiger charge is 2.49. The molecule has 1 atom stereocenters. The van der Waals surface area contributed by atoms with Crippen LogP contribution in [-0.4, -0.2) is 17.7 Å². The average Bonchev–Trinajstić information content (AvgIpc) is 2.56. The topological polar surface area (TPSA) is 64.7 Å². The van der Waals surface area contributed by atoms with Crippen LogP contribution in [0, 0.1) is 5.82 Å². The van der Waals surface area contributed by atoms with Gasteiger partial charge in [-0.05, 0) is 18.2 Å². The van der Waals surface area contributed by atoms with Gasteiger partial charge in [-0.15, -0.1) is 0 Å². The molecule has 2 N–H and O–H groups in total. The summed E-state index contributed by atoms with van der Waals surface area (Å²) in [6.45, 7) is 0.403. The molecule has 1 aromatic carbocycles. The predicted molar refractivity (Wildman–Crippen MR) is 62.4 cm³/mol. The Bertz CT molecular complexity index is 546. The largest absolute Gasteiger partial charge is 0.493 e. The first-order valence-electron chi connectivity index (χ1n) is 5.12. The molecule has 0 saturated carbocycles. The summed E-state index contributed by atoms with van der Waals surface area (Å²) in [5.74, 6) is -0.189. The molecule has 2 aliphatic heterocycles. The van der Waals surface area contributed by atoms with Gasteiger partial charge in [0.1, 0.15) is 16.3 Å². The van der Waals surface area contributed by atoms with Crippen LogP contribution in [0.5, 0.6) is 5.75 Å². The molecule has 1 unspecified atom stereocenters. The van der Waals surface area contributed by atoms with Crippen molar-refractivity contribution < 1.29 is 13.9 Å². The van der Waals surface area contributed by atoms with Crippen LogP contribution in [0.15, 0.2) is 23.2 Å². The van der Waals surface area contributed by atoms with Gasteiger partial charge in [-0.1, -0.05) is 11.8 Å². The quantitative estimate of drug-likeness (QED) is 0.757. The molecule has 0 saturated heterocycles. The molecule has 2 heterocycles. The zero-order valence-electron chi connectivity index (χ0n) is 8.77. The Hall–Kier alpha value is -1.56. The Kier molecular flexibility index (Phi) is 2.16. The van der Waals surface area contributed by atoms with Crippen LogP contribution >= 0.6 is 11.8 Å². The summed E-state index contributed by atoms with van der Waals surface area (Å²) < 4.78 is 17.8. The fourth-order valence-electron chi connectivity index (χ4n) is 2.15. The van der Waals surface area contributed by atoms with E-state index in [2.05, 4.69) is 4.99 Å². The summed E-state index contributed by atoms with van der Waals surface area (Å²) >= 11 is 1.18. The van der Waals surface area contributed by atoms with E-state index in [0.717, 1.165) is 0 Å². The first-order valence-corrected chi connectivity index (χ1v) is 5.94. The van der Waals surface area contributed by atoms with E-state index in [1.165, 1.54) is 30.0 Å². The molecule has 88 valence electrons. The van der Waals surface area contributed by atoms with Gasteiger partial charge in [0.05, 0.1) is 6.61 Å². The number of fused-ring (bicyclic) bond motifs is 2. The molecule has 3 rings (SSSR count). The van der Waals surface area contributed by atoms with E-state index in [1.807, 2.05) is 0 Å². The number of thioether (sulfide) groups is 1. The number of amidine groups is 1. The van der Waals surface area contributed by atoms with Crippen molar-refractivity contribution in [3.8, 4) is 5.75 Å². The van der Waals surface area contributed by atoms with Crippen LogP contribution in [0.3, 0.4) is 0 Å². The molecular weight excluding hydrogens is 243 g/mol. The van der Waals surface area contributed by atoms with Crippen molar-refractivity contribution in [2.24, 2.45) is 10.7 Å². The van der Waals surface area contributed by atoms with E-state index in [0.29, 0.717) is 24.3 Å². The van der Waals surface area contributed by atoms with E-state index in [4.69, 9.17) is 10.5 Å². The first kappa shape index (κ1) is 10.6. The fourth-order valence-corrected chi connectivity index (χ4v) is 3.22. The Morgan fingerprint density at radius 3 is 3.06 bits per heavy atom. The Balaban J connectivity index is 2.17. The van der Waals surface area contributed by atoms with Gasteiger partial charge in [-0.2, -0.15) is 4.99 Å². The number of halogens is 1. The van der Waals surface area contributed by atoms with E-state index in [1.54, 1.807) is 0 Å². The second-order valence-electron chi connectivity index (χ2n) is 3.92. The maximum atomic E-state index is 13.3. The van der Waals surface area contributed by atoms with Crippen molar-refractivity contribution in [2.75, 3.05) is 6.61 Å². The molecule has 2 aliphatic rings. The van der Waals surface area contributed by atoms with Crippen LogP contribution in [-0.2, 0) is 9.54 Å². The molecule has 1 spiro atoms. The Morgan fingerprint density at radius 2 is 2.35 bits per heavy atom. The summed E-state index contributed by atoms with van der Waals surface area (Å²) in [7, 11) is 0. The highest BCUT2D eigenvalue weighted by molar-refractivity contribution is 8.15. The van der Waals surface area contributed by atoms with Gasteiger partial charge >= 0.3 is 0 Å². The molecule has 1 aromatic rings. The minimum atomic E-state index is -0.889. The van der Waals surface area contributed by atoms with E-state index in [-0.39, 0.29) is 11.1 Å². The van der Waals surface area contributed by atoms with Gasteiger partial charge in [0.2, 0.25) is 0 Å². The molecule has 0 bridgehead atoms.